The quantitative estimate of drug-likeness (QED) is 0.254. The number of nitrogens with one attached hydrogen (secondary N) is 2. The van der Waals surface area contributed by atoms with Crippen LogP contribution in [0.4, 0.5) is 11.6 Å². The largest absolute Gasteiger partial charge is 0.461 e. The molecule has 11 heteroatoms. The topological polar surface area (TPSA) is 120 Å². The number of anilines is 2. The molecule has 0 spiro atoms. The molecular weight excluding hydrogens is 525 g/mol. The van der Waals surface area contributed by atoms with Crippen molar-refractivity contribution in [2.24, 2.45) is 5.92 Å². The first kappa shape index (κ1) is 28.1. The molecule has 1 atom stereocenters. The van der Waals surface area contributed by atoms with E-state index in [0.717, 1.165) is 43.2 Å². The van der Waals surface area contributed by atoms with Crippen LogP contribution in [0.5, 0.6) is 0 Å². The summed E-state index contributed by atoms with van der Waals surface area (Å²) in [4.78, 5) is 21.7. The number of esters is 1. The van der Waals surface area contributed by atoms with E-state index < -0.39 is 0 Å². The van der Waals surface area contributed by atoms with Gasteiger partial charge in [-0.15, -0.1) is 0 Å². The molecule has 3 aromatic rings. The lowest BCUT2D eigenvalue weighted by Crippen LogP contribution is -2.41. The van der Waals surface area contributed by atoms with Crippen LogP contribution in [-0.2, 0) is 22.6 Å². The Morgan fingerprint density at radius 2 is 1.95 bits per heavy atom. The fourth-order valence-electron chi connectivity index (χ4n) is 4.50. The van der Waals surface area contributed by atoms with Crippen LogP contribution in [0.15, 0.2) is 36.8 Å². The van der Waals surface area contributed by atoms with Gasteiger partial charge < -0.3 is 21.1 Å². The third-order valence-corrected chi connectivity index (χ3v) is 7.24. The second kappa shape index (κ2) is 13.3. The Morgan fingerprint density at radius 3 is 2.66 bits per heavy atom. The first-order valence-electron chi connectivity index (χ1n) is 13.1. The van der Waals surface area contributed by atoms with Gasteiger partial charge in [0.25, 0.3) is 0 Å². The Balaban J connectivity index is 1.35. The number of ether oxygens (including phenoxy) is 1. The van der Waals surface area contributed by atoms with E-state index in [1.54, 1.807) is 30.6 Å². The molecule has 4 rings (SSSR count). The molecule has 1 aliphatic carbocycles. The second-order valence-corrected chi connectivity index (χ2v) is 10.8. The zero-order valence-corrected chi connectivity index (χ0v) is 23.3. The number of nitrogen functional groups attached to an aromatic ring is 1. The molecule has 4 N–H and O–H groups in total. The molecular formula is C27H35Cl2N7O2. The molecule has 1 aromatic carbocycles. The highest BCUT2D eigenvalue weighted by molar-refractivity contribution is 6.36. The average molecular weight is 561 g/mol. The van der Waals surface area contributed by atoms with Crippen LogP contribution in [0.25, 0.3) is 11.3 Å². The summed E-state index contributed by atoms with van der Waals surface area (Å²) < 4.78 is 7.56. The summed E-state index contributed by atoms with van der Waals surface area (Å²) >= 11 is 12.5. The maximum atomic E-state index is 12.8. The van der Waals surface area contributed by atoms with Crippen LogP contribution in [0.2, 0.25) is 10.0 Å². The first-order valence-corrected chi connectivity index (χ1v) is 13.8. The third-order valence-electron chi connectivity index (χ3n) is 6.53. The molecule has 0 saturated heterocycles. The molecule has 0 aliphatic heterocycles. The molecule has 204 valence electrons. The summed E-state index contributed by atoms with van der Waals surface area (Å²) in [5.41, 5.74) is 8.23. The van der Waals surface area contributed by atoms with Crippen molar-refractivity contribution >= 4 is 40.8 Å². The highest BCUT2D eigenvalue weighted by Crippen LogP contribution is 2.27. The number of benzene rings is 1. The summed E-state index contributed by atoms with van der Waals surface area (Å²) in [7, 11) is 0. The Kier molecular flexibility index (Phi) is 9.82. The van der Waals surface area contributed by atoms with Gasteiger partial charge in [-0.2, -0.15) is 5.10 Å². The highest BCUT2D eigenvalue weighted by atomic mass is 35.5. The van der Waals surface area contributed by atoms with E-state index in [1.807, 2.05) is 10.9 Å². The number of hydrogen-bond acceptors (Lipinski definition) is 8. The van der Waals surface area contributed by atoms with E-state index in [9.17, 15) is 4.79 Å². The predicted molar refractivity (Wildman–Crippen MR) is 151 cm³/mol. The van der Waals surface area contributed by atoms with Crippen molar-refractivity contribution in [3.05, 3.63) is 52.4 Å². The van der Waals surface area contributed by atoms with Crippen LogP contribution in [0, 0.1) is 5.92 Å². The van der Waals surface area contributed by atoms with Gasteiger partial charge in [-0.3, -0.25) is 9.48 Å². The van der Waals surface area contributed by atoms with E-state index in [1.165, 1.54) is 0 Å². The third kappa shape index (κ3) is 7.58. The lowest BCUT2D eigenvalue weighted by Gasteiger charge is -2.21. The van der Waals surface area contributed by atoms with Crippen molar-refractivity contribution in [1.82, 2.24) is 25.1 Å². The van der Waals surface area contributed by atoms with Gasteiger partial charge in [0.1, 0.15) is 12.1 Å². The molecule has 1 saturated carbocycles. The predicted octanol–water partition coefficient (Wildman–Crippen LogP) is 5.33. The van der Waals surface area contributed by atoms with E-state index in [2.05, 4.69) is 39.5 Å². The van der Waals surface area contributed by atoms with E-state index in [4.69, 9.17) is 33.7 Å². The van der Waals surface area contributed by atoms with E-state index >= 15 is 0 Å². The number of rotatable bonds is 12. The van der Waals surface area contributed by atoms with Crippen LogP contribution in [0.1, 0.15) is 51.5 Å². The fraction of sp³-hybridized carbons (Fsp3) is 0.481. The van der Waals surface area contributed by atoms with Crippen molar-refractivity contribution in [2.45, 2.75) is 71.2 Å². The lowest BCUT2D eigenvalue weighted by atomic mass is 10.0. The van der Waals surface area contributed by atoms with Gasteiger partial charge in [-0.25, -0.2) is 9.97 Å². The van der Waals surface area contributed by atoms with Crippen LogP contribution >= 0.6 is 23.2 Å². The lowest BCUT2D eigenvalue weighted by molar-refractivity contribution is -0.151. The highest BCUT2D eigenvalue weighted by Gasteiger charge is 2.26. The molecule has 0 bridgehead atoms. The fourth-order valence-corrected chi connectivity index (χ4v) is 5.03. The Labute approximate surface area is 233 Å². The van der Waals surface area contributed by atoms with Crippen molar-refractivity contribution < 1.29 is 9.53 Å². The van der Waals surface area contributed by atoms with Gasteiger partial charge in [-0.05, 0) is 50.2 Å². The monoisotopic (exact) mass is 559 g/mol. The average Bonchev–Trinajstić information content (AvgIpc) is 3.56. The Morgan fingerprint density at radius 1 is 1.21 bits per heavy atom. The number of nitrogens with two attached hydrogens (primary N) is 1. The normalized spacial score (nSPS) is 14.7. The maximum absolute atomic E-state index is 12.8. The number of carbonyl (C=O) groups is 1. The summed E-state index contributed by atoms with van der Waals surface area (Å²) in [5.74, 6) is 0.933. The molecule has 1 unspecified atom stereocenters. The SMILES string of the molecule is CC(C)CC(NCCn1cc(-c2cnc(N)c(NCc3c(Cl)cccc3Cl)n2)cn1)C(=O)OC1CCCC1. The molecule has 2 aromatic heterocycles. The number of carbonyl (C=O) groups excluding carboxylic acids is 1. The zero-order valence-electron chi connectivity index (χ0n) is 21.8. The Bertz CT molecular complexity index is 1210. The minimum absolute atomic E-state index is 0.0645. The van der Waals surface area contributed by atoms with Crippen molar-refractivity contribution in [2.75, 3.05) is 17.6 Å². The molecule has 2 heterocycles. The molecule has 0 radical (unpaired) electrons. The smallest absolute Gasteiger partial charge is 0.323 e. The van der Waals surface area contributed by atoms with Crippen molar-refractivity contribution in [3.8, 4) is 11.3 Å². The van der Waals surface area contributed by atoms with Crippen LogP contribution < -0.4 is 16.4 Å². The first-order chi connectivity index (χ1) is 18.3. The standard InChI is InChI=1S/C27H35Cl2N7O2/c1-17(2)12-23(27(37)38-19-6-3-4-7-19)31-10-11-36-16-18(13-34-36)24-15-32-25(30)26(35-24)33-14-20-21(28)8-5-9-22(20)29/h5,8-9,13,15-17,19,23,31H,3-4,6-7,10-12,14H2,1-2H3,(H2,30,32)(H,33,35). The molecule has 1 aliphatic rings. The number of halogens is 2. The maximum Gasteiger partial charge on any atom is 0.323 e. The zero-order chi connectivity index (χ0) is 27.1. The number of hydrogen-bond donors (Lipinski definition) is 3. The van der Waals surface area contributed by atoms with Gasteiger partial charge in [0.15, 0.2) is 11.6 Å². The van der Waals surface area contributed by atoms with Gasteiger partial charge in [-0.1, -0.05) is 43.1 Å². The van der Waals surface area contributed by atoms with Crippen molar-refractivity contribution in [1.29, 1.82) is 0 Å². The van der Waals surface area contributed by atoms with Gasteiger partial charge in [0.05, 0.1) is 24.6 Å². The number of aromatic nitrogens is 4. The van der Waals surface area contributed by atoms with Crippen LogP contribution in [-0.4, -0.2) is 44.4 Å². The molecule has 1 fully saturated rings. The van der Waals surface area contributed by atoms with E-state index in [-0.39, 0.29) is 23.9 Å². The van der Waals surface area contributed by atoms with Gasteiger partial charge in [0.2, 0.25) is 0 Å². The molecule has 9 nitrogen and oxygen atoms in total. The van der Waals surface area contributed by atoms with Crippen LogP contribution in [0.3, 0.4) is 0 Å². The van der Waals surface area contributed by atoms with Gasteiger partial charge >= 0.3 is 5.97 Å². The summed E-state index contributed by atoms with van der Waals surface area (Å²) in [5, 5.41) is 12.1. The van der Waals surface area contributed by atoms with E-state index in [0.29, 0.717) is 47.1 Å². The second-order valence-electron chi connectivity index (χ2n) is 10.0. The molecule has 0 amide bonds. The minimum Gasteiger partial charge on any atom is -0.461 e. The summed E-state index contributed by atoms with van der Waals surface area (Å²) in [6, 6.07) is 5.03. The van der Waals surface area contributed by atoms with Crippen molar-refractivity contribution in [3.63, 3.8) is 0 Å². The number of nitrogens with zero attached hydrogens (tertiary/aromatic N) is 4. The minimum atomic E-state index is -0.325. The Hall–Kier alpha value is -2.88. The molecule has 38 heavy (non-hydrogen) atoms. The summed E-state index contributed by atoms with van der Waals surface area (Å²) in [6.07, 6.45) is 10.2. The summed E-state index contributed by atoms with van der Waals surface area (Å²) in [6.45, 7) is 5.74. The van der Waals surface area contributed by atoms with Gasteiger partial charge in [0, 0.05) is 40.5 Å².